The number of aliphatic hydroxyl groups excluding tert-OH is 1. The van der Waals surface area contributed by atoms with Gasteiger partial charge in [-0.25, -0.2) is 4.79 Å². The number of β-amino-alcohol motifs (C(OH)–C–C–N with tert-alkyl or cyclic N) is 1. The monoisotopic (exact) mass is 293 g/mol. The van der Waals surface area contributed by atoms with Crippen LogP contribution in [0.15, 0.2) is 18.2 Å². The number of nitrogens with zero attached hydrogens (tertiary/aromatic N) is 1. The number of likely N-dealkylation sites (tertiary alicyclic amines) is 1. The maximum absolute atomic E-state index is 12.1. The van der Waals surface area contributed by atoms with Gasteiger partial charge in [-0.05, 0) is 25.0 Å². The van der Waals surface area contributed by atoms with Crippen LogP contribution in [0.5, 0.6) is 5.75 Å². The quantitative estimate of drug-likeness (QED) is 0.854. The van der Waals surface area contributed by atoms with Crippen molar-refractivity contribution in [2.24, 2.45) is 0 Å². The van der Waals surface area contributed by atoms with Crippen molar-refractivity contribution in [1.29, 1.82) is 0 Å². The van der Waals surface area contributed by atoms with Gasteiger partial charge in [-0.2, -0.15) is 0 Å². The summed E-state index contributed by atoms with van der Waals surface area (Å²) in [7, 11) is 0. The van der Waals surface area contributed by atoms with Gasteiger partial charge < -0.3 is 19.8 Å². The molecule has 1 fully saturated rings. The molecule has 0 radical (unpaired) electrons. The number of carboxylic acid groups (broad SMARTS) is 1. The molecule has 0 aromatic heterocycles. The first-order valence-corrected chi connectivity index (χ1v) is 6.79. The van der Waals surface area contributed by atoms with E-state index in [9.17, 15) is 14.7 Å². The lowest BCUT2D eigenvalue weighted by Gasteiger charge is -2.21. The fourth-order valence-corrected chi connectivity index (χ4v) is 2.57. The van der Waals surface area contributed by atoms with E-state index in [1.807, 2.05) is 32.0 Å². The number of amides is 1. The van der Waals surface area contributed by atoms with Gasteiger partial charge in [0.1, 0.15) is 11.8 Å². The van der Waals surface area contributed by atoms with Gasteiger partial charge in [0.15, 0.2) is 6.61 Å². The summed E-state index contributed by atoms with van der Waals surface area (Å²) < 4.78 is 5.54. The lowest BCUT2D eigenvalue weighted by Crippen LogP contribution is -2.43. The number of rotatable bonds is 4. The van der Waals surface area contributed by atoms with Crippen molar-refractivity contribution in [3.63, 3.8) is 0 Å². The van der Waals surface area contributed by atoms with Crippen molar-refractivity contribution in [2.75, 3.05) is 13.2 Å². The SMILES string of the molecule is Cc1cccc(C)c1OCC(=O)N1CC(O)CC1C(=O)O. The summed E-state index contributed by atoms with van der Waals surface area (Å²) in [4.78, 5) is 24.4. The van der Waals surface area contributed by atoms with Crippen molar-refractivity contribution in [2.45, 2.75) is 32.4 Å². The minimum absolute atomic E-state index is 0.0336. The molecule has 2 atom stereocenters. The number of benzene rings is 1. The number of carbonyl (C=O) groups is 2. The molecule has 1 aromatic rings. The largest absolute Gasteiger partial charge is 0.483 e. The van der Waals surface area contributed by atoms with E-state index in [0.29, 0.717) is 5.75 Å². The third-order valence-corrected chi connectivity index (χ3v) is 3.63. The predicted octanol–water partition coefficient (Wildman–Crippen LogP) is 0.729. The summed E-state index contributed by atoms with van der Waals surface area (Å²) in [6, 6.07) is 4.68. The third-order valence-electron chi connectivity index (χ3n) is 3.63. The van der Waals surface area contributed by atoms with Crippen molar-refractivity contribution in [1.82, 2.24) is 4.90 Å². The Morgan fingerprint density at radius 3 is 2.52 bits per heavy atom. The number of hydrogen-bond acceptors (Lipinski definition) is 4. The Balaban J connectivity index is 2.03. The van der Waals surface area contributed by atoms with E-state index in [4.69, 9.17) is 9.84 Å². The summed E-state index contributed by atoms with van der Waals surface area (Å²) in [6.07, 6.45) is -0.736. The molecular formula is C15H19NO5. The van der Waals surface area contributed by atoms with Crippen molar-refractivity contribution in [3.05, 3.63) is 29.3 Å². The first-order valence-electron chi connectivity index (χ1n) is 6.79. The Morgan fingerprint density at radius 2 is 1.95 bits per heavy atom. The molecule has 0 bridgehead atoms. The van der Waals surface area contributed by atoms with E-state index in [1.54, 1.807) is 0 Å². The molecule has 2 rings (SSSR count). The van der Waals surface area contributed by atoms with Crippen LogP contribution in [0, 0.1) is 13.8 Å². The summed E-state index contributed by atoms with van der Waals surface area (Å²) in [5, 5.41) is 18.6. The first kappa shape index (κ1) is 15.3. The molecule has 0 saturated carbocycles. The van der Waals surface area contributed by atoms with E-state index in [0.717, 1.165) is 11.1 Å². The number of ether oxygens (including phenoxy) is 1. The van der Waals surface area contributed by atoms with E-state index in [-0.39, 0.29) is 19.6 Å². The number of para-hydroxylation sites is 1. The number of aliphatic carboxylic acids is 1. The van der Waals surface area contributed by atoms with Crippen LogP contribution in [0.2, 0.25) is 0 Å². The van der Waals surface area contributed by atoms with Gasteiger partial charge in [0.05, 0.1) is 6.10 Å². The molecule has 1 aromatic carbocycles. The van der Waals surface area contributed by atoms with Crippen LogP contribution in [0.25, 0.3) is 0 Å². The Bertz CT molecular complexity index is 537. The number of carboxylic acids is 1. The fourth-order valence-electron chi connectivity index (χ4n) is 2.57. The van der Waals surface area contributed by atoms with Gasteiger partial charge in [0.25, 0.3) is 5.91 Å². The van der Waals surface area contributed by atoms with Gasteiger partial charge in [-0.1, -0.05) is 18.2 Å². The van der Waals surface area contributed by atoms with Crippen LogP contribution in [-0.2, 0) is 9.59 Å². The average molecular weight is 293 g/mol. The number of aliphatic hydroxyl groups is 1. The highest BCUT2D eigenvalue weighted by Crippen LogP contribution is 2.23. The average Bonchev–Trinajstić information content (AvgIpc) is 2.80. The summed E-state index contributed by atoms with van der Waals surface area (Å²) in [5.41, 5.74) is 1.83. The summed E-state index contributed by atoms with van der Waals surface area (Å²) >= 11 is 0. The topological polar surface area (TPSA) is 87.1 Å². The Kier molecular flexibility index (Phi) is 4.47. The molecule has 114 valence electrons. The molecule has 2 N–H and O–H groups in total. The maximum Gasteiger partial charge on any atom is 0.326 e. The fraction of sp³-hybridized carbons (Fsp3) is 0.467. The second-order valence-electron chi connectivity index (χ2n) is 5.30. The zero-order chi connectivity index (χ0) is 15.6. The van der Waals surface area contributed by atoms with Gasteiger partial charge in [0.2, 0.25) is 0 Å². The number of aryl methyl sites for hydroxylation is 2. The molecule has 2 unspecified atom stereocenters. The molecule has 21 heavy (non-hydrogen) atoms. The lowest BCUT2D eigenvalue weighted by atomic mass is 10.1. The Morgan fingerprint density at radius 1 is 1.33 bits per heavy atom. The summed E-state index contributed by atoms with van der Waals surface area (Å²) in [5.74, 6) is -0.897. The van der Waals surface area contributed by atoms with Gasteiger partial charge in [-0.3, -0.25) is 4.79 Å². The molecule has 6 heteroatoms. The first-order chi connectivity index (χ1) is 9.90. The zero-order valence-electron chi connectivity index (χ0n) is 12.1. The zero-order valence-corrected chi connectivity index (χ0v) is 12.1. The standard InChI is InChI=1S/C15H19NO5/c1-9-4-3-5-10(2)14(9)21-8-13(18)16-7-11(17)6-12(16)15(19)20/h3-5,11-12,17H,6-8H2,1-2H3,(H,19,20). The lowest BCUT2D eigenvalue weighted by molar-refractivity contribution is -0.149. The summed E-state index contributed by atoms with van der Waals surface area (Å²) in [6.45, 7) is 3.56. The van der Waals surface area contributed by atoms with E-state index in [1.165, 1.54) is 4.90 Å². The molecule has 1 heterocycles. The maximum atomic E-state index is 12.1. The van der Waals surface area contributed by atoms with Crippen LogP contribution in [0.3, 0.4) is 0 Å². The number of carbonyl (C=O) groups excluding carboxylic acids is 1. The highest BCUT2D eigenvalue weighted by molar-refractivity contribution is 5.85. The molecule has 6 nitrogen and oxygen atoms in total. The molecule has 0 spiro atoms. The van der Waals surface area contributed by atoms with Crippen LogP contribution in [0.1, 0.15) is 17.5 Å². The van der Waals surface area contributed by atoms with Crippen LogP contribution in [0.4, 0.5) is 0 Å². The highest BCUT2D eigenvalue weighted by Gasteiger charge is 2.38. The van der Waals surface area contributed by atoms with E-state index < -0.39 is 24.0 Å². The van der Waals surface area contributed by atoms with Crippen molar-refractivity contribution < 1.29 is 24.5 Å². The Hall–Kier alpha value is -2.08. The van der Waals surface area contributed by atoms with E-state index >= 15 is 0 Å². The minimum atomic E-state index is -1.10. The number of hydrogen-bond donors (Lipinski definition) is 2. The molecule has 1 aliphatic heterocycles. The third kappa shape index (κ3) is 3.33. The van der Waals surface area contributed by atoms with Crippen LogP contribution < -0.4 is 4.74 Å². The van der Waals surface area contributed by atoms with Gasteiger partial charge in [-0.15, -0.1) is 0 Å². The highest BCUT2D eigenvalue weighted by atomic mass is 16.5. The second kappa shape index (κ2) is 6.13. The van der Waals surface area contributed by atoms with Crippen LogP contribution >= 0.6 is 0 Å². The van der Waals surface area contributed by atoms with Gasteiger partial charge >= 0.3 is 5.97 Å². The molecule has 0 aliphatic carbocycles. The Labute approximate surface area is 122 Å². The van der Waals surface area contributed by atoms with Gasteiger partial charge in [0, 0.05) is 13.0 Å². The van der Waals surface area contributed by atoms with Crippen molar-refractivity contribution >= 4 is 11.9 Å². The molecular weight excluding hydrogens is 274 g/mol. The normalized spacial score (nSPS) is 21.4. The molecule has 1 saturated heterocycles. The molecule has 1 aliphatic rings. The molecule has 1 amide bonds. The predicted molar refractivity (Wildman–Crippen MR) is 75.2 cm³/mol. The van der Waals surface area contributed by atoms with E-state index in [2.05, 4.69) is 0 Å². The minimum Gasteiger partial charge on any atom is -0.483 e. The second-order valence-corrected chi connectivity index (χ2v) is 5.30. The van der Waals surface area contributed by atoms with Crippen LogP contribution in [-0.4, -0.2) is 52.3 Å². The van der Waals surface area contributed by atoms with Crippen molar-refractivity contribution in [3.8, 4) is 5.75 Å². The smallest absolute Gasteiger partial charge is 0.326 e.